The maximum absolute atomic E-state index is 11.9. The molecule has 5 nitrogen and oxygen atoms in total. The standard InChI is InChI=1S/C10H12Cl2N4O/c1-5-8(9(11)15-10(12)14-5)16-4-6(3-13)2-7(16)17/h6H,2-4,13H2,1H3. The van der Waals surface area contributed by atoms with Crippen molar-refractivity contribution in [2.24, 2.45) is 11.7 Å². The van der Waals surface area contributed by atoms with E-state index in [1.165, 1.54) is 0 Å². The zero-order valence-corrected chi connectivity index (χ0v) is 10.8. The van der Waals surface area contributed by atoms with Crippen molar-refractivity contribution < 1.29 is 4.79 Å². The Balaban J connectivity index is 2.38. The molecular formula is C10H12Cl2N4O. The van der Waals surface area contributed by atoms with Gasteiger partial charge in [0.15, 0.2) is 5.15 Å². The number of nitrogens with two attached hydrogens (primary N) is 1. The number of amides is 1. The number of halogens is 2. The number of hydrogen-bond donors (Lipinski definition) is 1. The summed E-state index contributed by atoms with van der Waals surface area (Å²) in [5.41, 5.74) is 6.71. The summed E-state index contributed by atoms with van der Waals surface area (Å²) in [6, 6.07) is 0. The molecule has 1 aromatic rings. The summed E-state index contributed by atoms with van der Waals surface area (Å²) in [5, 5.41) is 0.284. The molecule has 0 aromatic carbocycles. The van der Waals surface area contributed by atoms with Crippen LogP contribution in [0.15, 0.2) is 0 Å². The van der Waals surface area contributed by atoms with Gasteiger partial charge in [-0.05, 0) is 31.0 Å². The predicted octanol–water partition coefficient (Wildman–Crippen LogP) is 1.40. The van der Waals surface area contributed by atoms with Crippen molar-refractivity contribution >= 4 is 34.8 Å². The third-order valence-corrected chi connectivity index (χ3v) is 3.23. The fourth-order valence-corrected chi connectivity index (χ4v) is 2.54. The van der Waals surface area contributed by atoms with Gasteiger partial charge in [-0.15, -0.1) is 0 Å². The molecule has 0 saturated carbocycles. The minimum Gasteiger partial charge on any atom is -0.330 e. The number of aromatic nitrogens is 2. The third-order valence-electron chi connectivity index (χ3n) is 2.80. The van der Waals surface area contributed by atoms with Crippen LogP contribution in [0.25, 0.3) is 0 Å². The summed E-state index contributed by atoms with van der Waals surface area (Å²) >= 11 is 11.7. The van der Waals surface area contributed by atoms with E-state index >= 15 is 0 Å². The van der Waals surface area contributed by atoms with Crippen molar-refractivity contribution in [3.8, 4) is 0 Å². The molecule has 1 aromatic heterocycles. The first kappa shape index (κ1) is 12.5. The highest BCUT2D eigenvalue weighted by Gasteiger charge is 2.32. The Kier molecular flexibility index (Phi) is 3.51. The van der Waals surface area contributed by atoms with E-state index in [2.05, 4.69) is 9.97 Å². The lowest BCUT2D eigenvalue weighted by Gasteiger charge is -2.19. The highest BCUT2D eigenvalue weighted by Crippen LogP contribution is 2.32. The quantitative estimate of drug-likeness (QED) is 0.654. The Bertz CT molecular complexity index is 443. The average Bonchev–Trinajstić information content (AvgIpc) is 2.59. The predicted molar refractivity (Wildman–Crippen MR) is 66.3 cm³/mol. The summed E-state index contributed by atoms with van der Waals surface area (Å²) in [4.78, 5) is 21.3. The average molecular weight is 275 g/mol. The maximum atomic E-state index is 11.9. The van der Waals surface area contributed by atoms with E-state index in [9.17, 15) is 4.79 Å². The lowest BCUT2D eigenvalue weighted by molar-refractivity contribution is -0.117. The molecule has 0 radical (unpaired) electrons. The highest BCUT2D eigenvalue weighted by molar-refractivity contribution is 6.34. The number of carbonyl (C=O) groups excluding carboxylic acids is 1. The van der Waals surface area contributed by atoms with Crippen LogP contribution in [0.2, 0.25) is 10.4 Å². The minimum atomic E-state index is -0.00336. The first-order chi connectivity index (χ1) is 8.02. The van der Waals surface area contributed by atoms with Crippen LogP contribution in [-0.2, 0) is 4.79 Å². The minimum absolute atomic E-state index is 0.00336. The Hall–Kier alpha value is -0.910. The van der Waals surface area contributed by atoms with Gasteiger partial charge >= 0.3 is 0 Å². The summed E-state index contributed by atoms with van der Waals surface area (Å²) < 4.78 is 0. The second-order valence-corrected chi connectivity index (χ2v) is 4.72. The first-order valence-corrected chi connectivity index (χ1v) is 5.98. The van der Waals surface area contributed by atoms with Crippen LogP contribution in [-0.4, -0.2) is 29.0 Å². The molecule has 92 valence electrons. The second kappa shape index (κ2) is 4.76. The number of nitrogens with zero attached hydrogens (tertiary/aromatic N) is 3. The number of hydrogen-bond acceptors (Lipinski definition) is 4. The van der Waals surface area contributed by atoms with Crippen molar-refractivity contribution in [1.82, 2.24) is 9.97 Å². The molecule has 2 rings (SSSR count). The van der Waals surface area contributed by atoms with Gasteiger partial charge in [0.1, 0.15) is 5.69 Å². The van der Waals surface area contributed by atoms with Crippen molar-refractivity contribution in [3.63, 3.8) is 0 Å². The van der Waals surface area contributed by atoms with E-state index < -0.39 is 0 Å². The van der Waals surface area contributed by atoms with E-state index in [-0.39, 0.29) is 22.3 Å². The normalized spacial score (nSPS) is 20.1. The Morgan fingerprint density at radius 1 is 1.47 bits per heavy atom. The number of aryl methyl sites for hydroxylation is 1. The molecule has 1 aliphatic rings. The summed E-state index contributed by atoms with van der Waals surface area (Å²) in [6.07, 6.45) is 0.439. The Labute approximate surface area is 109 Å². The molecule has 17 heavy (non-hydrogen) atoms. The summed E-state index contributed by atoms with van der Waals surface area (Å²) in [6.45, 7) is 2.78. The molecule has 1 fully saturated rings. The van der Waals surface area contributed by atoms with Gasteiger partial charge in [0.05, 0.1) is 5.69 Å². The van der Waals surface area contributed by atoms with Gasteiger partial charge in [-0.25, -0.2) is 9.97 Å². The summed E-state index contributed by atoms with van der Waals surface area (Å²) in [7, 11) is 0. The van der Waals surface area contributed by atoms with Gasteiger partial charge < -0.3 is 10.6 Å². The van der Waals surface area contributed by atoms with Crippen LogP contribution < -0.4 is 10.6 Å². The van der Waals surface area contributed by atoms with E-state index in [0.717, 1.165) is 0 Å². The van der Waals surface area contributed by atoms with Gasteiger partial charge in [-0.2, -0.15) is 0 Å². The van der Waals surface area contributed by atoms with Crippen molar-refractivity contribution in [3.05, 3.63) is 16.1 Å². The topological polar surface area (TPSA) is 72.1 Å². The smallest absolute Gasteiger partial charge is 0.227 e. The monoisotopic (exact) mass is 274 g/mol. The molecule has 0 spiro atoms. The Morgan fingerprint density at radius 3 is 2.71 bits per heavy atom. The number of rotatable bonds is 2. The molecule has 2 N–H and O–H groups in total. The zero-order chi connectivity index (χ0) is 12.6. The molecule has 1 atom stereocenters. The van der Waals surface area contributed by atoms with Gasteiger partial charge in [-0.3, -0.25) is 4.79 Å². The van der Waals surface area contributed by atoms with Crippen LogP contribution in [0, 0.1) is 12.8 Å². The van der Waals surface area contributed by atoms with Gasteiger partial charge in [-0.1, -0.05) is 11.6 Å². The van der Waals surface area contributed by atoms with Gasteiger partial charge in [0.25, 0.3) is 0 Å². The van der Waals surface area contributed by atoms with E-state index in [4.69, 9.17) is 28.9 Å². The van der Waals surface area contributed by atoms with Gasteiger partial charge in [0, 0.05) is 13.0 Å². The third kappa shape index (κ3) is 2.36. The highest BCUT2D eigenvalue weighted by atomic mass is 35.5. The fraction of sp³-hybridized carbons (Fsp3) is 0.500. The van der Waals surface area contributed by atoms with Crippen LogP contribution in [0.3, 0.4) is 0 Å². The SMILES string of the molecule is Cc1nc(Cl)nc(Cl)c1N1CC(CN)CC1=O. The maximum Gasteiger partial charge on any atom is 0.227 e. The second-order valence-electron chi connectivity index (χ2n) is 4.03. The van der Waals surface area contributed by atoms with E-state index in [1.54, 1.807) is 11.8 Å². The zero-order valence-electron chi connectivity index (χ0n) is 9.28. The number of carbonyl (C=O) groups is 1. The molecule has 0 bridgehead atoms. The molecule has 1 saturated heterocycles. The van der Waals surface area contributed by atoms with E-state index in [1.807, 2.05) is 0 Å². The van der Waals surface area contributed by atoms with Crippen LogP contribution in [0.1, 0.15) is 12.1 Å². The fourth-order valence-electron chi connectivity index (χ4n) is 1.96. The lowest BCUT2D eigenvalue weighted by Crippen LogP contribution is -2.27. The molecular weight excluding hydrogens is 263 g/mol. The van der Waals surface area contributed by atoms with Crippen LogP contribution >= 0.6 is 23.2 Å². The van der Waals surface area contributed by atoms with Crippen LogP contribution in [0.4, 0.5) is 5.69 Å². The largest absolute Gasteiger partial charge is 0.330 e. The van der Waals surface area contributed by atoms with Crippen molar-refractivity contribution in [1.29, 1.82) is 0 Å². The molecule has 2 heterocycles. The van der Waals surface area contributed by atoms with E-state index in [0.29, 0.717) is 30.9 Å². The van der Waals surface area contributed by atoms with Crippen molar-refractivity contribution in [2.45, 2.75) is 13.3 Å². The lowest BCUT2D eigenvalue weighted by atomic mass is 10.1. The van der Waals surface area contributed by atoms with Crippen LogP contribution in [0.5, 0.6) is 0 Å². The number of anilines is 1. The van der Waals surface area contributed by atoms with Crippen molar-refractivity contribution in [2.75, 3.05) is 18.0 Å². The van der Waals surface area contributed by atoms with Gasteiger partial charge in [0.2, 0.25) is 11.2 Å². The molecule has 0 aliphatic carbocycles. The molecule has 7 heteroatoms. The molecule has 1 unspecified atom stereocenters. The Morgan fingerprint density at radius 2 is 2.18 bits per heavy atom. The molecule has 1 amide bonds. The first-order valence-electron chi connectivity index (χ1n) is 5.23. The summed E-state index contributed by atoms with van der Waals surface area (Å²) in [5.74, 6) is 0.157. The molecule has 1 aliphatic heterocycles.